The molecule has 0 saturated carbocycles. The predicted octanol–water partition coefficient (Wildman–Crippen LogP) is 2.90. The summed E-state index contributed by atoms with van der Waals surface area (Å²) in [5.74, 6) is 1.49. The Hall–Kier alpha value is -2.81. The highest BCUT2D eigenvalue weighted by atomic mass is 16.5. The largest absolute Gasteiger partial charge is 0.457 e. The number of aryl methyl sites for hydroxylation is 3. The highest BCUT2D eigenvalue weighted by Gasteiger charge is 2.43. The summed E-state index contributed by atoms with van der Waals surface area (Å²) in [6, 6.07) is 17.4. The molecule has 4 N–H and O–H groups in total. The second-order valence-electron chi connectivity index (χ2n) is 8.94. The summed E-state index contributed by atoms with van der Waals surface area (Å²) < 4.78 is 11.7. The molecular formula is C27H31NO6. The first-order chi connectivity index (χ1) is 16.2. The fourth-order valence-corrected chi connectivity index (χ4v) is 4.32. The fraction of sp³-hybridized carbons (Fsp3) is 0.370. The van der Waals surface area contributed by atoms with Gasteiger partial charge in [0.1, 0.15) is 42.0 Å². The maximum atomic E-state index is 10.5. The van der Waals surface area contributed by atoms with Gasteiger partial charge in [-0.25, -0.2) is 0 Å². The Morgan fingerprint density at radius 3 is 2.15 bits per heavy atom. The number of aromatic nitrogens is 1. The van der Waals surface area contributed by atoms with E-state index in [4.69, 9.17) is 9.47 Å². The molecule has 0 spiro atoms. The molecule has 180 valence electrons. The molecule has 7 nitrogen and oxygen atoms in total. The monoisotopic (exact) mass is 465 g/mol. The molecular weight excluding hydrogens is 434 g/mol. The van der Waals surface area contributed by atoms with Crippen molar-refractivity contribution in [3.05, 3.63) is 88.2 Å². The molecule has 0 amide bonds. The molecule has 1 aliphatic heterocycles. The first-order valence-electron chi connectivity index (χ1n) is 11.4. The summed E-state index contributed by atoms with van der Waals surface area (Å²) in [5.41, 5.74) is 5.70. The summed E-state index contributed by atoms with van der Waals surface area (Å²) >= 11 is 0. The molecule has 1 aliphatic rings. The zero-order valence-electron chi connectivity index (χ0n) is 19.5. The third-order valence-electron chi connectivity index (χ3n) is 6.20. The molecule has 34 heavy (non-hydrogen) atoms. The summed E-state index contributed by atoms with van der Waals surface area (Å²) in [5, 5.41) is 40.1. The molecule has 2 aromatic carbocycles. The Labute approximate surface area is 199 Å². The van der Waals surface area contributed by atoms with Crippen LogP contribution in [0.4, 0.5) is 0 Å². The fourth-order valence-electron chi connectivity index (χ4n) is 4.32. The molecule has 4 rings (SSSR count). The maximum absolute atomic E-state index is 10.5. The predicted molar refractivity (Wildman–Crippen MR) is 127 cm³/mol. The van der Waals surface area contributed by atoms with Crippen LogP contribution in [-0.2, 0) is 11.2 Å². The van der Waals surface area contributed by atoms with Crippen molar-refractivity contribution < 1.29 is 29.9 Å². The third kappa shape index (κ3) is 5.29. The molecule has 0 radical (unpaired) electrons. The summed E-state index contributed by atoms with van der Waals surface area (Å²) in [7, 11) is 0. The average Bonchev–Trinajstić information content (AvgIpc) is 2.80. The van der Waals surface area contributed by atoms with Crippen LogP contribution in [0, 0.1) is 20.8 Å². The van der Waals surface area contributed by atoms with Crippen molar-refractivity contribution in [3.63, 3.8) is 0 Å². The van der Waals surface area contributed by atoms with Gasteiger partial charge in [-0.3, -0.25) is 4.98 Å². The van der Waals surface area contributed by atoms with Crippen LogP contribution in [-0.4, -0.2) is 56.4 Å². The SMILES string of the molecule is Cc1cc(Oc2ccc(Cc3cc([C@@H]4O[C@H](CO)[C@@H](O)C(O)[C@H]4O)ccc3C)cc2)cc(C)n1. The average molecular weight is 466 g/mol. The van der Waals surface area contributed by atoms with Crippen LogP contribution >= 0.6 is 0 Å². The van der Waals surface area contributed by atoms with Gasteiger partial charge in [0.05, 0.1) is 6.61 Å². The van der Waals surface area contributed by atoms with E-state index in [2.05, 4.69) is 4.98 Å². The van der Waals surface area contributed by atoms with Crippen LogP contribution in [0.1, 0.15) is 39.7 Å². The van der Waals surface area contributed by atoms with Crippen LogP contribution in [0.15, 0.2) is 54.6 Å². The smallest absolute Gasteiger partial charge is 0.131 e. The molecule has 1 unspecified atom stereocenters. The van der Waals surface area contributed by atoms with Gasteiger partial charge in [0.25, 0.3) is 0 Å². The summed E-state index contributed by atoms with van der Waals surface area (Å²) in [6.45, 7) is 5.43. The Balaban J connectivity index is 1.50. The van der Waals surface area contributed by atoms with Crippen molar-refractivity contribution in [2.75, 3.05) is 6.61 Å². The van der Waals surface area contributed by atoms with Gasteiger partial charge in [-0.2, -0.15) is 0 Å². The van der Waals surface area contributed by atoms with Crippen LogP contribution in [0.25, 0.3) is 0 Å². The Morgan fingerprint density at radius 1 is 0.824 bits per heavy atom. The lowest BCUT2D eigenvalue weighted by atomic mass is 9.89. The van der Waals surface area contributed by atoms with Crippen molar-refractivity contribution in [2.24, 2.45) is 0 Å². The van der Waals surface area contributed by atoms with Crippen LogP contribution < -0.4 is 4.74 Å². The standard InChI is InChI=1S/C27H31NO6/c1-15-4-7-19(27-26(32)25(31)24(30)23(14-29)34-27)13-20(15)12-18-5-8-21(9-6-18)33-22-10-16(2)28-17(3)11-22/h4-11,13,23-27,29-32H,12,14H2,1-3H3/t23-,24-,25?,26-,27+/m1/s1. The van der Waals surface area contributed by atoms with E-state index in [-0.39, 0.29) is 0 Å². The number of benzene rings is 2. The highest BCUT2D eigenvalue weighted by molar-refractivity contribution is 5.39. The van der Waals surface area contributed by atoms with E-state index in [1.54, 1.807) is 0 Å². The number of aliphatic hydroxyl groups is 4. The molecule has 1 saturated heterocycles. The third-order valence-corrected chi connectivity index (χ3v) is 6.20. The zero-order chi connectivity index (χ0) is 24.4. The van der Waals surface area contributed by atoms with Gasteiger partial charge in [0, 0.05) is 23.5 Å². The van der Waals surface area contributed by atoms with E-state index in [1.807, 2.05) is 75.4 Å². The van der Waals surface area contributed by atoms with E-state index >= 15 is 0 Å². The number of pyridine rings is 1. The van der Waals surface area contributed by atoms with Gasteiger partial charge < -0.3 is 29.9 Å². The van der Waals surface area contributed by atoms with Crippen LogP contribution in [0.3, 0.4) is 0 Å². The van der Waals surface area contributed by atoms with E-state index in [9.17, 15) is 20.4 Å². The highest BCUT2D eigenvalue weighted by Crippen LogP contribution is 2.33. The number of hydrogen-bond donors (Lipinski definition) is 4. The van der Waals surface area contributed by atoms with Crippen molar-refractivity contribution >= 4 is 0 Å². The summed E-state index contributed by atoms with van der Waals surface area (Å²) in [6.07, 6.45) is -5.20. The lowest BCUT2D eigenvalue weighted by Gasteiger charge is -2.40. The van der Waals surface area contributed by atoms with Crippen molar-refractivity contribution in [1.82, 2.24) is 4.98 Å². The van der Waals surface area contributed by atoms with Gasteiger partial charge >= 0.3 is 0 Å². The second-order valence-corrected chi connectivity index (χ2v) is 8.94. The van der Waals surface area contributed by atoms with Crippen molar-refractivity contribution in [1.29, 1.82) is 0 Å². The lowest BCUT2D eigenvalue weighted by Crippen LogP contribution is -2.55. The summed E-state index contributed by atoms with van der Waals surface area (Å²) in [4.78, 5) is 4.36. The first kappa shape index (κ1) is 24.3. The minimum atomic E-state index is -1.40. The molecule has 1 aromatic heterocycles. The van der Waals surface area contributed by atoms with E-state index in [0.717, 1.165) is 39.6 Å². The Morgan fingerprint density at radius 2 is 1.50 bits per heavy atom. The van der Waals surface area contributed by atoms with Crippen molar-refractivity contribution in [2.45, 2.75) is 57.7 Å². The normalized spacial score (nSPS) is 24.7. The quantitative estimate of drug-likeness (QED) is 0.443. The Bertz CT molecular complexity index is 1110. The minimum absolute atomic E-state index is 0.451. The van der Waals surface area contributed by atoms with Gasteiger partial charge in [0.2, 0.25) is 0 Å². The van der Waals surface area contributed by atoms with E-state index in [1.165, 1.54) is 0 Å². The molecule has 1 fully saturated rings. The van der Waals surface area contributed by atoms with E-state index in [0.29, 0.717) is 12.0 Å². The molecule has 2 heterocycles. The van der Waals surface area contributed by atoms with Gasteiger partial charge in [0.15, 0.2) is 0 Å². The van der Waals surface area contributed by atoms with E-state index < -0.39 is 37.1 Å². The maximum Gasteiger partial charge on any atom is 0.131 e. The molecule has 0 aliphatic carbocycles. The minimum Gasteiger partial charge on any atom is -0.457 e. The number of rotatable bonds is 6. The molecule has 5 atom stereocenters. The zero-order valence-corrected chi connectivity index (χ0v) is 19.5. The van der Waals surface area contributed by atoms with Crippen molar-refractivity contribution in [3.8, 4) is 11.5 Å². The topological polar surface area (TPSA) is 112 Å². The van der Waals surface area contributed by atoms with Gasteiger partial charge in [-0.05, 0) is 61.6 Å². The molecule has 0 bridgehead atoms. The lowest BCUT2D eigenvalue weighted by molar-refractivity contribution is -0.231. The van der Waals surface area contributed by atoms with Crippen LogP contribution in [0.2, 0.25) is 0 Å². The second kappa shape index (κ2) is 10.2. The number of hydrogen-bond acceptors (Lipinski definition) is 7. The van der Waals surface area contributed by atoms with Crippen LogP contribution in [0.5, 0.6) is 11.5 Å². The van der Waals surface area contributed by atoms with Gasteiger partial charge in [-0.1, -0.05) is 30.3 Å². The number of aliphatic hydroxyl groups excluding tert-OH is 4. The first-order valence-corrected chi connectivity index (χ1v) is 11.4. The Kier molecular flexibility index (Phi) is 7.30. The van der Waals surface area contributed by atoms with Gasteiger partial charge in [-0.15, -0.1) is 0 Å². The molecule has 7 heteroatoms. The number of ether oxygens (including phenoxy) is 2. The molecule has 3 aromatic rings. The number of nitrogens with zero attached hydrogens (tertiary/aromatic N) is 1.